The highest BCUT2D eigenvalue weighted by Crippen LogP contribution is 2.31. The maximum atomic E-state index is 5.16. The Hall–Kier alpha value is -0.490. The highest BCUT2D eigenvalue weighted by atomic mass is 79.9. The van der Waals surface area contributed by atoms with E-state index in [-0.39, 0.29) is 0 Å². The number of hydrogen-bond acceptors (Lipinski definition) is 5. The molecule has 0 bridgehead atoms. The van der Waals surface area contributed by atoms with Gasteiger partial charge in [-0.15, -0.1) is 0 Å². The van der Waals surface area contributed by atoms with Crippen LogP contribution < -0.4 is 10.1 Å². The molecule has 1 heterocycles. The summed E-state index contributed by atoms with van der Waals surface area (Å²) in [5.74, 6) is 1.22. The Labute approximate surface area is 114 Å². The van der Waals surface area contributed by atoms with Gasteiger partial charge < -0.3 is 10.1 Å². The molecule has 0 aliphatic heterocycles. The molecule has 0 radical (unpaired) electrons. The zero-order valence-corrected chi connectivity index (χ0v) is 12.3. The topological polar surface area (TPSA) is 47.0 Å². The molecule has 4 nitrogen and oxygen atoms in total. The van der Waals surface area contributed by atoms with Crippen molar-refractivity contribution in [1.82, 2.24) is 9.97 Å². The third-order valence-electron chi connectivity index (χ3n) is 2.98. The largest absolute Gasteiger partial charge is 0.480 e. The molecule has 1 saturated carbocycles. The summed E-state index contributed by atoms with van der Waals surface area (Å²) in [6, 6.07) is 0.468. The van der Waals surface area contributed by atoms with Gasteiger partial charge in [0.1, 0.15) is 0 Å². The maximum Gasteiger partial charge on any atom is 0.232 e. The minimum absolute atomic E-state index is 0.468. The van der Waals surface area contributed by atoms with Gasteiger partial charge in [0.2, 0.25) is 11.8 Å². The number of aromatic nitrogens is 2. The summed E-state index contributed by atoms with van der Waals surface area (Å²) >= 11 is 5.26. The molecule has 1 aromatic heterocycles. The van der Waals surface area contributed by atoms with Crippen LogP contribution >= 0.6 is 27.7 Å². The summed E-state index contributed by atoms with van der Waals surface area (Å²) in [7, 11) is 1.61. The summed E-state index contributed by atoms with van der Waals surface area (Å²) in [5.41, 5.74) is 0. The van der Waals surface area contributed by atoms with E-state index in [4.69, 9.17) is 4.74 Å². The van der Waals surface area contributed by atoms with Crippen molar-refractivity contribution in [3.63, 3.8) is 0 Å². The second kappa shape index (κ2) is 5.91. The van der Waals surface area contributed by atoms with Crippen LogP contribution in [0.15, 0.2) is 10.7 Å². The molecule has 0 saturated heterocycles. The van der Waals surface area contributed by atoms with Gasteiger partial charge in [-0.05, 0) is 35.0 Å². The van der Waals surface area contributed by atoms with E-state index in [1.165, 1.54) is 19.3 Å². The van der Waals surface area contributed by atoms with Crippen molar-refractivity contribution >= 4 is 33.6 Å². The average Bonchev–Trinajstić information content (AvgIpc) is 2.79. The fourth-order valence-corrected chi connectivity index (χ4v) is 3.39. The van der Waals surface area contributed by atoms with Crippen LogP contribution in [0.2, 0.25) is 0 Å². The summed E-state index contributed by atoms with van der Waals surface area (Å²) in [6.07, 6.45) is 7.61. The van der Waals surface area contributed by atoms with E-state index in [2.05, 4.69) is 37.5 Å². The lowest BCUT2D eigenvalue weighted by Gasteiger charge is -2.19. The molecule has 94 valence electrons. The van der Waals surface area contributed by atoms with Crippen LogP contribution in [0, 0.1) is 0 Å². The quantitative estimate of drug-likeness (QED) is 0.925. The van der Waals surface area contributed by atoms with Crippen LogP contribution in [0.25, 0.3) is 0 Å². The Balaban J connectivity index is 2.08. The van der Waals surface area contributed by atoms with Crippen LogP contribution in [-0.2, 0) is 0 Å². The smallest absolute Gasteiger partial charge is 0.232 e. The summed E-state index contributed by atoms with van der Waals surface area (Å²) < 4.78 is 5.94. The Morgan fingerprint density at radius 3 is 3.06 bits per heavy atom. The molecule has 0 amide bonds. The number of ether oxygens (including phenoxy) is 1. The van der Waals surface area contributed by atoms with Crippen LogP contribution in [0.4, 0.5) is 5.95 Å². The van der Waals surface area contributed by atoms with Crippen molar-refractivity contribution in [3.8, 4) is 5.88 Å². The predicted molar refractivity (Wildman–Crippen MR) is 74.8 cm³/mol. The third kappa shape index (κ3) is 3.04. The Morgan fingerprint density at radius 1 is 1.53 bits per heavy atom. The number of rotatable bonds is 4. The molecule has 2 unspecified atom stereocenters. The first-order valence-corrected chi connectivity index (χ1v) is 7.68. The highest BCUT2D eigenvalue weighted by Gasteiger charge is 2.27. The number of anilines is 1. The monoisotopic (exact) mass is 317 g/mol. The van der Waals surface area contributed by atoms with E-state index < -0.39 is 0 Å². The van der Waals surface area contributed by atoms with Gasteiger partial charge in [-0.1, -0.05) is 6.42 Å². The molecule has 0 aromatic carbocycles. The van der Waals surface area contributed by atoms with E-state index in [9.17, 15) is 0 Å². The van der Waals surface area contributed by atoms with E-state index in [0.717, 1.165) is 4.47 Å². The maximum absolute atomic E-state index is 5.16. The number of hydrogen-bond donors (Lipinski definition) is 1. The predicted octanol–water partition coefficient (Wildman–Crippen LogP) is 2.94. The van der Waals surface area contributed by atoms with Gasteiger partial charge in [-0.3, -0.25) is 0 Å². The molecule has 6 heteroatoms. The minimum atomic E-state index is 0.468. The Bertz CT molecular complexity index is 391. The molecule has 1 N–H and O–H groups in total. The van der Waals surface area contributed by atoms with E-state index in [1.54, 1.807) is 13.3 Å². The molecule has 1 aromatic rings. The number of nitrogens with one attached hydrogen (secondary N) is 1. The fourth-order valence-electron chi connectivity index (χ4n) is 2.10. The zero-order valence-electron chi connectivity index (χ0n) is 9.94. The average molecular weight is 318 g/mol. The van der Waals surface area contributed by atoms with Crippen molar-refractivity contribution in [2.24, 2.45) is 0 Å². The Morgan fingerprint density at radius 2 is 2.35 bits per heavy atom. The third-order valence-corrected chi connectivity index (χ3v) is 4.69. The lowest BCUT2D eigenvalue weighted by molar-refractivity contribution is 0.394. The molecular formula is C11H16BrN3OS. The van der Waals surface area contributed by atoms with Gasteiger partial charge in [-0.25, -0.2) is 4.98 Å². The summed E-state index contributed by atoms with van der Waals surface area (Å²) in [6.45, 7) is 0. The van der Waals surface area contributed by atoms with Gasteiger partial charge in [0.15, 0.2) is 0 Å². The molecule has 1 fully saturated rings. The van der Waals surface area contributed by atoms with Crippen LogP contribution in [0.1, 0.15) is 19.3 Å². The number of methoxy groups -OCH3 is 1. The van der Waals surface area contributed by atoms with Crippen LogP contribution in [0.3, 0.4) is 0 Å². The summed E-state index contributed by atoms with van der Waals surface area (Å²) in [5, 5.41) is 4.06. The van der Waals surface area contributed by atoms with Gasteiger partial charge in [0.25, 0.3) is 0 Å². The molecule has 0 spiro atoms. The van der Waals surface area contributed by atoms with Crippen molar-refractivity contribution < 1.29 is 4.74 Å². The first-order valence-electron chi connectivity index (χ1n) is 5.60. The summed E-state index contributed by atoms with van der Waals surface area (Å²) in [4.78, 5) is 8.58. The number of thioether (sulfide) groups is 1. The molecule has 1 aliphatic carbocycles. The van der Waals surface area contributed by atoms with Crippen LogP contribution in [-0.4, -0.2) is 34.6 Å². The van der Waals surface area contributed by atoms with E-state index >= 15 is 0 Å². The van der Waals surface area contributed by atoms with Gasteiger partial charge >= 0.3 is 0 Å². The lowest BCUT2D eigenvalue weighted by Crippen LogP contribution is -2.26. The lowest BCUT2D eigenvalue weighted by atomic mass is 10.2. The molecule has 1 aliphatic rings. The zero-order chi connectivity index (χ0) is 12.3. The van der Waals surface area contributed by atoms with E-state index in [0.29, 0.717) is 23.1 Å². The molecular weight excluding hydrogens is 302 g/mol. The van der Waals surface area contributed by atoms with Gasteiger partial charge in [-0.2, -0.15) is 16.7 Å². The second-order valence-corrected chi connectivity index (χ2v) is 5.94. The molecule has 2 rings (SSSR count). The van der Waals surface area contributed by atoms with Crippen molar-refractivity contribution in [1.29, 1.82) is 0 Å². The van der Waals surface area contributed by atoms with Crippen LogP contribution in [0.5, 0.6) is 5.88 Å². The normalized spacial score (nSPS) is 23.7. The molecule has 17 heavy (non-hydrogen) atoms. The minimum Gasteiger partial charge on any atom is -0.480 e. The Kier molecular flexibility index (Phi) is 4.50. The number of halogens is 1. The van der Waals surface area contributed by atoms with Crippen molar-refractivity contribution in [3.05, 3.63) is 10.7 Å². The highest BCUT2D eigenvalue weighted by molar-refractivity contribution is 9.10. The van der Waals surface area contributed by atoms with Crippen molar-refractivity contribution in [2.45, 2.75) is 30.6 Å². The number of nitrogens with zero attached hydrogens (tertiary/aromatic N) is 2. The SMILES string of the molecule is COc1nc(NC2CCCC2SC)ncc1Br. The fraction of sp³-hybridized carbons (Fsp3) is 0.636. The molecule has 2 atom stereocenters. The second-order valence-electron chi connectivity index (χ2n) is 4.01. The first-order chi connectivity index (χ1) is 8.24. The van der Waals surface area contributed by atoms with Gasteiger partial charge in [0, 0.05) is 11.3 Å². The van der Waals surface area contributed by atoms with E-state index in [1.807, 2.05) is 11.8 Å². The standard InChI is InChI=1S/C11H16BrN3OS/c1-16-10-7(12)6-13-11(15-10)14-8-4-3-5-9(8)17-2/h6,8-9H,3-5H2,1-2H3,(H,13,14,15). The van der Waals surface area contributed by atoms with Crippen molar-refractivity contribution in [2.75, 3.05) is 18.7 Å². The first kappa shape index (κ1) is 13.0. The van der Waals surface area contributed by atoms with Gasteiger partial charge in [0.05, 0.1) is 17.8 Å².